The molecule has 120 valence electrons. The van der Waals surface area contributed by atoms with Crippen molar-refractivity contribution in [2.75, 3.05) is 25.9 Å². The molecule has 2 N–H and O–H groups in total. The maximum absolute atomic E-state index is 13.7. The molecule has 7 heteroatoms. The molecule has 1 aromatic carbocycles. The summed E-state index contributed by atoms with van der Waals surface area (Å²) >= 11 is 0. The van der Waals surface area contributed by atoms with E-state index in [1.165, 1.54) is 22.7 Å². The van der Waals surface area contributed by atoms with Gasteiger partial charge in [0.25, 0.3) is 0 Å². The maximum Gasteiger partial charge on any atom is 0.211 e. The molecule has 0 aromatic heterocycles. The molecule has 5 nitrogen and oxygen atoms in total. The van der Waals surface area contributed by atoms with Gasteiger partial charge in [-0.25, -0.2) is 17.1 Å². The van der Waals surface area contributed by atoms with E-state index >= 15 is 0 Å². The second-order valence-electron chi connectivity index (χ2n) is 4.99. The third-order valence-corrected chi connectivity index (χ3v) is 4.69. The number of aromatic hydroxyl groups is 1. The van der Waals surface area contributed by atoms with Crippen LogP contribution in [0.1, 0.15) is 31.9 Å². The zero-order chi connectivity index (χ0) is 16.0. The first-order valence-electron chi connectivity index (χ1n) is 6.92. The average Bonchev–Trinajstić information content (AvgIpc) is 2.36. The molecule has 1 rings (SSSR count). The highest BCUT2D eigenvalue weighted by Crippen LogP contribution is 2.20. The molecule has 0 amide bonds. The van der Waals surface area contributed by atoms with Gasteiger partial charge in [0.05, 0.1) is 6.26 Å². The second-order valence-corrected chi connectivity index (χ2v) is 6.97. The van der Waals surface area contributed by atoms with E-state index < -0.39 is 15.8 Å². The van der Waals surface area contributed by atoms with Gasteiger partial charge >= 0.3 is 0 Å². The van der Waals surface area contributed by atoms with Crippen molar-refractivity contribution in [3.63, 3.8) is 0 Å². The topological polar surface area (TPSA) is 69.6 Å². The molecule has 0 radical (unpaired) electrons. The third kappa shape index (κ3) is 5.61. The van der Waals surface area contributed by atoms with Gasteiger partial charge in [0.1, 0.15) is 11.6 Å². The Morgan fingerprint density at radius 1 is 1.43 bits per heavy atom. The van der Waals surface area contributed by atoms with E-state index in [2.05, 4.69) is 5.32 Å². The summed E-state index contributed by atoms with van der Waals surface area (Å²) in [6.07, 6.45) is 1.84. The maximum atomic E-state index is 13.7. The summed E-state index contributed by atoms with van der Waals surface area (Å²) in [7, 11) is -3.16. The molecule has 1 aromatic rings. The number of halogens is 1. The SMILES string of the molecule is CCN(CCCNC(C)c1ccc(O)cc1F)S(C)(=O)=O. The zero-order valence-electron chi connectivity index (χ0n) is 12.6. The van der Waals surface area contributed by atoms with Gasteiger partial charge in [-0.1, -0.05) is 13.0 Å². The fourth-order valence-corrected chi connectivity index (χ4v) is 3.04. The number of sulfonamides is 1. The van der Waals surface area contributed by atoms with Gasteiger partial charge in [0.2, 0.25) is 10.0 Å². The first-order valence-corrected chi connectivity index (χ1v) is 8.77. The van der Waals surface area contributed by atoms with Crippen molar-refractivity contribution < 1.29 is 17.9 Å². The van der Waals surface area contributed by atoms with Crippen molar-refractivity contribution in [2.24, 2.45) is 0 Å². The monoisotopic (exact) mass is 318 g/mol. The summed E-state index contributed by atoms with van der Waals surface area (Å²) < 4.78 is 37.9. The minimum atomic E-state index is -3.16. The molecule has 1 atom stereocenters. The Hall–Kier alpha value is -1.18. The summed E-state index contributed by atoms with van der Waals surface area (Å²) in [5, 5.41) is 12.3. The molecule has 0 saturated heterocycles. The van der Waals surface area contributed by atoms with Crippen LogP contribution in [0.25, 0.3) is 0 Å². The Morgan fingerprint density at radius 2 is 2.10 bits per heavy atom. The third-order valence-electron chi connectivity index (χ3n) is 3.31. The Kier molecular flexibility index (Phi) is 6.57. The lowest BCUT2D eigenvalue weighted by Crippen LogP contribution is -2.32. The van der Waals surface area contributed by atoms with Gasteiger partial charge in [-0.05, 0) is 26.0 Å². The highest BCUT2D eigenvalue weighted by atomic mass is 32.2. The largest absolute Gasteiger partial charge is 0.508 e. The summed E-state index contributed by atoms with van der Waals surface area (Å²) in [5.74, 6) is -0.559. The lowest BCUT2D eigenvalue weighted by molar-refractivity contribution is 0.412. The lowest BCUT2D eigenvalue weighted by Gasteiger charge is -2.19. The minimum absolute atomic E-state index is 0.102. The van der Waals surface area contributed by atoms with Crippen molar-refractivity contribution >= 4 is 10.0 Å². The van der Waals surface area contributed by atoms with Crippen molar-refractivity contribution in [1.82, 2.24) is 9.62 Å². The second kappa shape index (κ2) is 7.72. The van der Waals surface area contributed by atoms with Crippen LogP contribution < -0.4 is 5.32 Å². The fraction of sp³-hybridized carbons (Fsp3) is 0.571. The summed E-state index contributed by atoms with van der Waals surface area (Å²) in [6, 6.07) is 3.85. The molecular weight excluding hydrogens is 295 g/mol. The number of rotatable bonds is 8. The average molecular weight is 318 g/mol. The molecule has 0 fully saturated rings. The van der Waals surface area contributed by atoms with Gasteiger partial charge in [-0.15, -0.1) is 0 Å². The highest BCUT2D eigenvalue weighted by molar-refractivity contribution is 7.88. The van der Waals surface area contributed by atoms with E-state index in [0.29, 0.717) is 31.6 Å². The van der Waals surface area contributed by atoms with Crippen LogP contribution in [0.2, 0.25) is 0 Å². The van der Waals surface area contributed by atoms with Crippen LogP contribution in [0.5, 0.6) is 5.75 Å². The van der Waals surface area contributed by atoms with Crippen LogP contribution in [0, 0.1) is 5.82 Å². The summed E-state index contributed by atoms with van der Waals surface area (Å²) in [5.41, 5.74) is 0.475. The first kappa shape index (κ1) is 17.9. The number of phenolic OH excluding ortho intramolecular Hbond substituents is 1. The van der Waals surface area contributed by atoms with Crippen LogP contribution in [-0.2, 0) is 10.0 Å². The Morgan fingerprint density at radius 3 is 2.62 bits per heavy atom. The van der Waals surface area contributed by atoms with Crippen LogP contribution in [0.3, 0.4) is 0 Å². The van der Waals surface area contributed by atoms with E-state index in [1.807, 2.05) is 6.92 Å². The van der Waals surface area contributed by atoms with Crippen molar-refractivity contribution in [3.05, 3.63) is 29.6 Å². The molecule has 0 spiro atoms. The van der Waals surface area contributed by atoms with Gasteiger partial charge < -0.3 is 10.4 Å². The van der Waals surface area contributed by atoms with E-state index in [9.17, 15) is 17.9 Å². The Balaban J connectivity index is 2.45. The molecule has 0 heterocycles. The number of nitrogens with zero attached hydrogens (tertiary/aromatic N) is 1. The molecule has 0 bridgehead atoms. The Bertz CT molecular complexity index is 563. The van der Waals surface area contributed by atoms with Crippen LogP contribution >= 0.6 is 0 Å². The van der Waals surface area contributed by atoms with Gasteiger partial charge in [0.15, 0.2) is 0 Å². The molecule has 21 heavy (non-hydrogen) atoms. The molecule has 0 aliphatic carbocycles. The van der Waals surface area contributed by atoms with Gasteiger partial charge in [-0.2, -0.15) is 0 Å². The Labute approximate surface area is 125 Å². The quantitative estimate of drug-likeness (QED) is 0.718. The standard InChI is InChI=1S/C14H23FN2O3S/c1-4-17(21(3,19)20)9-5-8-16-11(2)13-7-6-12(18)10-14(13)15/h6-7,10-11,16,18H,4-5,8-9H2,1-3H3. The number of phenols is 1. The summed E-state index contributed by atoms with van der Waals surface area (Å²) in [6.45, 7) is 5.08. The predicted octanol–water partition coefficient (Wildman–Crippen LogP) is 1.85. The first-order chi connectivity index (χ1) is 9.75. The van der Waals surface area contributed by atoms with Crippen LogP contribution in [0.4, 0.5) is 4.39 Å². The number of nitrogens with one attached hydrogen (secondary N) is 1. The van der Waals surface area contributed by atoms with Crippen molar-refractivity contribution in [1.29, 1.82) is 0 Å². The zero-order valence-corrected chi connectivity index (χ0v) is 13.5. The highest BCUT2D eigenvalue weighted by Gasteiger charge is 2.14. The molecule has 0 aliphatic heterocycles. The van der Waals surface area contributed by atoms with Crippen LogP contribution in [-0.4, -0.2) is 43.7 Å². The molecule has 0 saturated carbocycles. The number of hydrogen-bond acceptors (Lipinski definition) is 4. The van der Waals surface area contributed by atoms with Crippen molar-refractivity contribution in [3.8, 4) is 5.75 Å². The molecular formula is C14H23FN2O3S. The smallest absolute Gasteiger partial charge is 0.211 e. The van der Waals surface area contributed by atoms with E-state index in [1.54, 1.807) is 6.92 Å². The van der Waals surface area contributed by atoms with Gasteiger partial charge in [0, 0.05) is 30.8 Å². The summed E-state index contributed by atoms with van der Waals surface area (Å²) in [4.78, 5) is 0. The fourth-order valence-electron chi connectivity index (χ4n) is 2.11. The minimum Gasteiger partial charge on any atom is -0.508 e. The van der Waals surface area contributed by atoms with E-state index in [-0.39, 0.29) is 11.8 Å². The molecule has 0 aliphatic rings. The van der Waals surface area contributed by atoms with Crippen LogP contribution in [0.15, 0.2) is 18.2 Å². The van der Waals surface area contributed by atoms with E-state index in [4.69, 9.17) is 0 Å². The predicted molar refractivity (Wildman–Crippen MR) is 81.2 cm³/mol. The lowest BCUT2D eigenvalue weighted by atomic mass is 10.1. The van der Waals surface area contributed by atoms with Crippen molar-refractivity contribution in [2.45, 2.75) is 26.3 Å². The molecule has 1 unspecified atom stereocenters. The number of hydrogen-bond donors (Lipinski definition) is 2. The van der Waals surface area contributed by atoms with E-state index in [0.717, 1.165) is 6.07 Å². The normalized spacial score (nSPS) is 13.6. The number of benzene rings is 1. The van der Waals surface area contributed by atoms with Gasteiger partial charge in [-0.3, -0.25) is 0 Å².